The minimum absolute atomic E-state index is 0.434. The first-order valence-corrected chi connectivity index (χ1v) is 7.79. The molecule has 2 rings (SSSR count). The first kappa shape index (κ1) is 14.1. The highest BCUT2D eigenvalue weighted by Crippen LogP contribution is 2.27. The first-order chi connectivity index (χ1) is 9.29. The number of furan rings is 1. The lowest BCUT2D eigenvalue weighted by atomic mass is 10.1. The highest BCUT2D eigenvalue weighted by atomic mass is 32.2. The normalized spacial score (nSPS) is 12.3. The van der Waals surface area contributed by atoms with Crippen molar-refractivity contribution in [3.05, 3.63) is 48.4 Å². The van der Waals surface area contributed by atoms with Crippen LogP contribution in [0.15, 0.2) is 52.0 Å². The molecule has 2 nitrogen and oxygen atoms in total. The third kappa shape index (κ3) is 4.35. The summed E-state index contributed by atoms with van der Waals surface area (Å²) >= 11 is 1.88. The number of thioether (sulfide) groups is 1. The zero-order valence-electron chi connectivity index (χ0n) is 11.6. The largest absolute Gasteiger partial charge is 0.469 e. The number of rotatable bonds is 7. The molecule has 0 saturated heterocycles. The van der Waals surface area contributed by atoms with Gasteiger partial charge in [-0.05, 0) is 43.4 Å². The Bertz CT molecular complexity index is 481. The van der Waals surface area contributed by atoms with E-state index in [4.69, 9.17) is 4.42 Å². The quantitative estimate of drug-likeness (QED) is 0.733. The molecule has 1 heterocycles. The lowest BCUT2D eigenvalue weighted by Crippen LogP contribution is -2.16. The molecule has 1 unspecified atom stereocenters. The molecule has 0 saturated carbocycles. The fraction of sp³-hybridized carbons (Fsp3) is 0.375. The molecule has 0 amide bonds. The molecule has 1 aromatic heterocycles. The Labute approximate surface area is 119 Å². The molecule has 0 spiro atoms. The maximum absolute atomic E-state index is 5.36. The van der Waals surface area contributed by atoms with Crippen molar-refractivity contribution in [2.75, 3.05) is 11.1 Å². The first-order valence-electron chi connectivity index (χ1n) is 6.80. The summed E-state index contributed by atoms with van der Waals surface area (Å²) in [4.78, 5) is 1.33. The Hall–Kier alpha value is -1.35. The summed E-state index contributed by atoms with van der Waals surface area (Å²) in [5, 5.41) is 3.60. The number of anilines is 1. The predicted molar refractivity (Wildman–Crippen MR) is 83.0 cm³/mol. The Morgan fingerprint density at radius 3 is 2.79 bits per heavy atom. The summed E-state index contributed by atoms with van der Waals surface area (Å²) in [6.07, 6.45) is 3.78. The average Bonchev–Trinajstić information content (AvgIpc) is 2.92. The van der Waals surface area contributed by atoms with Crippen LogP contribution in [0.3, 0.4) is 0 Å². The molecule has 19 heavy (non-hydrogen) atoms. The number of aryl methyl sites for hydroxylation is 1. The van der Waals surface area contributed by atoms with Crippen LogP contribution in [0, 0.1) is 0 Å². The second kappa shape index (κ2) is 7.29. The topological polar surface area (TPSA) is 25.2 Å². The van der Waals surface area contributed by atoms with Gasteiger partial charge < -0.3 is 9.73 Å². The maximum atomic E-state index is 5.36. The molecule has 1 aromatic carbocycles. The van der Waals surface area contributed by atoms with Crippen molar-refractivity contribution in [1.82, 2.24) is 0 Å². The van der Waals surface area contributed by atoms with Crippen LogP contribution in [-0.4, -0.2) is 11.8 Å². The van der Waals surface area contributed by atoms with E-state index in [9.17, 15) is 0 Å². The number of nitrogens with one attached hydrogen (secondary N) is 1. The van der Waals surface area contributed by atoms with Crippen LogP contribution in [-0.2, 0) is 6.42 Å². The zero-order valence-corrected chi connectivity index (χ0v) is 12.4. The third-order valence-electron chi connectivity index (χ3n) is 2.99. The molecule has 1 atom stereocenters. The Morgan fingerprint density at radius 2 is 2.05 bits per heavy atom. The number of hydrogen-bond donors (Lipinski definition) is 1. The van der Waals surface area contributed by atoms with E-state index in [1.54, 1.807) is 6.26 Å². The van der Waals surface area contributed by atoms with Gasteiger partial charge in [0.1, 0.15) is 5.76 Å². The molecule has 0 aliphatic carbocycles. The summed E-state index contributed by atoms with van der Waals surface area (Å²) in [5.41, 5.74) is 1.24. The van der Waals surface area contributed by atoms with E-state index in [2.05, 4.69) is 43.4 Å². The van der Waals surface area contributed by atoms with Gasteiger partial charge in [-0.15, -0.1) is 11.8 Å². The van der Waals surface area contributed by atoms with Crippen LogP contribution in [0.4, 0.5) is 5.69 Å². The van der Waals surface area contributed by atoms with Crippen molar-refractivity contribution in [3.63, 3.8) is 0 Å². The smallest absolute Gasteiger partial charge is 0.103 e. The van der Waals surface area contributed by atoms with Crippen molar-refractivity contribution >= 4 is 17.4 Å². The minimum atomic E-state index is 0.434. The summed E-state index contributed by atoms with van der Waals surface area (Å²) in [6, 6.07) is 12.9. The number of para-hydroxylation sites is 1. The highest BCUT2D eigenvalue weighted by molar-refractivity contribution is 7.99. The third-order valence-corrected chi connectivity index (χ3v) is 3.95. The zero-order chi connectivity index (χ0) is 13.5. The van der Waals surface area contributed by atoms with Gasteiger partial charge in [-0.3, -0.25) is 0 Å². The molecule has 0 aliphatic rings. The van der Waals surface area contributed by atoms with Gasteiger partial charge in [0, 0.05) is 23.0 Å². The average molecular weight is 275 g/mol. The van der Waals surface area contributed by atoms with Crippen molar-refractivity contribution in [1.29, 1.82) is 0 Å². The molecule has 0 radical (unpaired) electrons. The van der Waals surface area contributed by atoms with Gasteiger partial charge in [-0.2, -0.15) is 0 Å². The van der Waals surface area contributed by atoms with E-state index >= 15 is 0 Å². The second-order valence-electron chi connectivity index (χ2n) is 4.59. The molecular weight excluding hydrogens is 254 g/mol. The van der Waals surface area contributed by atoms with E-state index in [1.165, 1.54) is 10.6 Å². The second-order valence-corrected chi connectivity index (χ2v) is 5.90. The van der Waals surface area contributed by atoms with Crippen LogP contribution in [0.2, 0.25) is 0 Å². The van der Waals surface area contributed by atoms with Gasteiger partial charge in [0.05, 0.1) is 6.26 Å². The van der Waals surface area contributed by atoms with Crippen LogP contribution < -0.4 is 5.32 Å². The van der Waals surface area contributed by atoms with Crippen molar-refractivity contribution in [2.45, 2.75) is 37.6 Å². The van der Waals surface area contributed by atoms with Gasteiger partial charge in [-0.1, -0.05) is 19.1 Å². The van der Waals surface area contributed by atoms with Crippen molar-refractivity contribution in [2.24, 2.45) is 0 Å². The Balaban J connectivity index is 1.89. The standard InChI is InChI=1S/C16H21NOS/c1-3-19-16-9-5-4-8-15(16)17-13(2)10-11-14-7-6-12-18-14/h4-9,12-13,17H,3,10-11H2,1-2H3. The fourth-order valence-corrected chi connectivity index (χ4v) is 2.79. The van der Waals surface area contributed by atoms with Crippen molar-refractivity contribution < 1.29 is 4.42 Å². The molecule has 0 fully saturated rings. The Morgan fingerprint density at radius 1 is 1.21 bits per heavy atom. The Kier molecular flexibility index (Phi) is 5.40. The fourth-order valence-electron chi connectivity index (χ4n) is 2.02. The van der Waals surface area contributed by atoms with Crippen LogP contribution in [0.5, 0.6) is 0 Å². The number of hydrogen-bond acceptors (Lipinski definition) is 3. The monoisotopic (exact) mass is 275 g/mol. The molecule has 0 bridgehead atoms. The maximum Gasteiger partial charge on any atom is 0.103 e. The molecule has 3 heteroatoms. The lowest BCUT2D eigenvalue weighted by Gasteiger charge is -2.17. The van der Waals surface area contributed by atoms with Crippen LogP contribution in [0.25, 0.3) is 0 Å². The molecular formula is C16H21NOS. The van der Waals surface area contributed by atoms with Gasteiger partial charge in [0.2, 0.25) is 0 Å². The van der Waals surface area contributed by atoms with Crippen LogP contribution >= 0.6 is 11.8 Å². The molecule has 2 aromatic rings. The summed E-state index contributed by atoms with van der Waals surface area (Å²) < 4.78 is 5.36. The van der Waals surface area contributed by atoms with E-state index < -0.39 is 0 Å². The van der Waals surface area contributed by atoms with Gasteiger partial charge in [0.15, 0.2) is 0 Å². The van der Waals surface area contributed by atoms with Gasteiger partial charge in [-0.25, -0.2) is 0 Å². The predicted octanol–water partition coefficient (Wildman–Crippen LogP) is 4.82. The molecule has 102 valence electrons. The highest BCUT2D eigenvalue weighted by Gasteiger charge is 2.07. The SMILES string of the molecule is CCSc1ccccc1NC(C)CCc1ccco1. The minimum Gasteiger partial charge on any atom is -0.469 e. The van der Waals surface area contributed by atoms with E-state index in [1.807, 2.05) is 23.9 Å². The van der Waals surface area contributed by atoms with E-state index in [-0.39, 0.29) is 0 Å². The van der Waals surface area contributed by atoms with Crippen LogP contribution in [0.1, 0.15) is 26.0 Å². The molecule has 1 N–H and O–H groups in total. The van der Waals surface area contributed by atoms with Gasteiger partial charge in [0.25, 0.3) is 0 Å². The van der Waals surface area contributed by atoms with E-state index in [0.29, 0.717) is 6.04 Å². The van der Waals surface area contributed by atoms with E-state index in [0.717, 1.165) is 24.4 Å². The summed E-state index contributed by atoms with van der Waals surface area (Å²) in [5.74, 6) is 2.16. The molecule has 0 aliphatic heterocycles. The van der Waals surface area contributed by atoms with Gasteiger partial charge >= 0.3 is 0 Å². The summed E-state index contributed by atoms with van der Waals surface area (Å²) in [6.45, 7) is 4.40. The van der Waals surface area contributed by atoms with Crippen molar-refractivity contribution in [3.8, 4) is 0 Å². The lowest BCUT2D eigenvalue weighted by molar-refractivity contribution is 0.495. The number of benzene rings is 1. The summed E-state index contributed by atoms with van der Waals surface area (Å²) in [7, 11) is 0.